The number of benzene rings is 1. The van der Waals surface area contributed by atoms with Crippen LogP contribution in [-0.4, -0.2) is 62.0 Å². The summed E-state index contributed by atoms with van der Waals surface area (Å²) in [5, 5.41) is 10.4. The summed E-state index contributed by atoms with van der Waals surface area (Å²) in [6.07, 6.45) is 3.49. The number of carbonyl (C=O) groups excluding carboxylic acids is 1. The van der Waals surface area contributed by atoms with Crippen molar-refractivity contribution in [2.45, 2.75) is 13.1 Å². The lowest BCUT2D eigenvalue weighted by atomic mass is 10.2. The van der Waals surface area contributed by atoms with Gasteiger partial charge < -0.3 is 25.0 Å². The van der Waals surface area contributed by atoms with Crippen molar-refractivity contribution < 1.29 is 14.3 Å². The molecule has 27 heavy (non-hydrogen) atoms. The summed E-state index contributed by atoms with van der Waals surface area (Å²) in [6.45, 7) is 2.14. The number of hydrogen-bond acceptors (Lipinski definition) is 6. The summed E-state index contributed by atoms with van der Waals surface area (Å²) >= 11 is 3.55. The fourth-order valence-corrected chi connectivity index (χ4v) is 2.97. The fraction of sp³-hybridized carbons (Fsp3) is 0.444. The lowest BCUT2D eigenvalue weighted by molar-refractivity contribution is -0.121. The highest BCUT2D eigenvalue weighted by Crippen LogP contribution is 2.32. The molecule has 1 heterocycles. The molecule has 8 nitrogen and oxygen atoms in total. The number of carbonyl (C=O) groups is 1. The third kappa shape index (κ3) is 6.44. The summed E-state index contributed by atoms with van der Waals surface area (Å²) in [5.74, 6) is 1.38. The second kappa shape index (κ2) is 10.2. The van der Waals surface area contributed by atoms with Gasteiger partial charge in [-0.3, -0.25) is 9.48 Å². The molecule has 0 saturated heterocycles. The van der Waals surface area contributed by atoms with E-state index in [9.17, 15) is 4.79 Å². The Balaban J connectivity index is 1.92. The number of amides is 1. The number of rotatable bonds is 10. The minimum atomic E-state index is -0.0638. The molecule has 9 heteroatoms. The molecule has 0 radical (unpaired) electrons. The largest absolute Gasteiger partial charge is 0.497 e. The van der Waals surface area contributed by atoms with E-state index in [1.165, 1.54) is 0 Å². The molecule has 0 atom stereocenters. The van der Waals surface area contributed by atoms with E-state index in [1.807, 2.05) is 31.1 Å². The van der Waals surface area contributed by atoms with Crippen molar-refractivity contribution in [3.8, 4) is 11.5 Å². The lowest BCUT2D eigenvalue weighted by Crippen LogP contribution is -2.33. The van der Waals surface area contributed by atoms with Crippen LogP contribution in [0.1, 0.15) is 5.56 Å². The van der Waals surface area contributed by atoms with Crippen molar-refractivity contribution in [1.29, 1.82) is 0 Å². The molecule has 0 aliphatic heterocycles. The Morgan fingerprint density at radius 1 is 1.30 bits per heavy atom. The van der Waals surface area contributed by atoms with Gasteiger partial charge in [-0.15, -0.1) is 0 Å². The zero-order valence-corrected chi connectivity index (χ0v) is 17.7. The third-order valence-electron chi connectivity index (χ3n) is 3.87. The zero-order valence-electron chi connectivity index (χ0n) is 16.1. The second-order valence-electron chi connectivity index (χ2n) is 6.22. The Bertz CT molecular complexity index is 763. The first-order chi connectivity index (χ1) is 12.9. The van der Waals surface area contributed by atoms with E-state index in [2.05, 4.69) is 31.7 Å². The maximum absolute atomic E-state index is 11.9. The standard InChI is InChI=1S/C18H26BrN5O3/c1-23(2)6-5-20-18(25)12-24-11-13(9-22-24)21-10-15-16(19)7-14(26-3)8-17(15)27-4/h7-9,11,21H,5-6,10,12H2,1-4H3,(H,20,25). The molecule has 1 aromatic carbocycles. The van der Waals surface area contributed by atoms with Gasteiger partial charge in [0.25, 0.3) is 0 Å². The van der Waals surface area contributed by atoms with Gasteiger partial charge in [0, 0.05) is 41.9 Å². The molecule has 0 aliphatic rings. The first-order valence-electron chi connectivity index (χ1n) is 8.51. The van der Waals surface area contributed by atoms with Gasteiger partial charge in [-0.2, -0.15) is 5.10 Å². The van der Waals surface area contributed by atoms with Crippen LogP contribution < -0.4 is 20.1 Å². The van der Waals surface area contributed by atoms with E-state index in [0.29, 0.717) is 13.1 Å². The summed E-state index contributed by atoms with van der Waals surface area (Å²) in [4.78, 5) is 13.9. The van der Waals surface area contributed by atoms with E-state index in [0.717, 1.165) is 33.8 Å². The van der Waals surface area contributed by atoms with Gasteiger partial charge in [-0.1, -0.05) is 15.9 Å². The van der Waals surface area contributed by atoms with Crippen LogP contribution in [-0.2, 0) is 17.9 Å². The van der Waals surface area contributed by atoms with E-state index in [-0.39, 0.29) is 12.5 Å². The number of likely N-dealkylation sites (N-methyl/N-ethyl adjacent to an activating group) is 1. The maximum atomic E-state index is 11.9. The smallest absolute Gasteiger partial charge is 0.241 e. The predicted molar refractivity (Wildman–Crippen MR) is 108 cm³/mol. The molecule has 0 unspecified atom stereocenters. The van der Waals surface area contributed by atoms with Gasteiger partial charge in [-0.25, -0.2) is 0 Å². The Kier molecular flexibility index (Phi) is 7.93. The maximum Gasteiger partial charge on any atom is 0.241 e. The highest BCUT2D eigenvalue weighted by Gasteiger charge is 2.11. The lowest BCUT2D eigenvalue weighted by Gasteiger charge is -2.13. The number of nitrogens with one attached hydrogen (secondary N) is 2. The van der Waals surface area contributed by atoms with Gasteiger partial charge in [0.1, 0.15) is 18.0 Å². The second-order valence-corrected chi connectivity index (χ2v) is 7.08. The van der Waals surface area contributed by atoms with Crippen LogP contribution in [0.5, 0.6) is 11.5 Å². The van der Waals surface area contributed by atoms with Gasteiger partial charge in [0.2, 0.25) is 5.91 Å². The van der Waals surface area contributed by atoms with Gasteiger partial charge in [0.15, 0.2) is 0 Å². The minimum absolute atomic E-state index is 0.0638. The van der Waals surface area contributed by atoms with Crippen molar-refractivity contribution in [3.63, 3.8) is 0 Å². The molecule has 2 aromatic rings. The predicted octanol–water partition coefficient (Wildman–Crippen LogP) is 1.95. The molecule has 0 spiro atoms. The van der Waals surface area contributed by atoms with Gasteiger partial charge in [-0.05, 0) is 20.2 Å². The Hall–Kier alpha value is -2.26. The van der Waals surface area contributed by atoms with Crippen LogP contribution in [0.4, 0.5) is 5.69 Å². The van der Waals surface area contributed by atoms with Crippen molar-refractivity contribution in [3.05, 3.63) is 34.6 Å². The average molecular weight is 440 g/mol. The summed E-state index contributed by atoms with van der Waals surface area (Å²) < 4.78 is 13.2. The SMILES string of the molecule is COc1cc(Br)c(CNc2cnn(CC(=O)NCCN(C)C)c2)c(OC)c1. The van der Waals surface area contributed by atoms with Gasteiger partial charge >= 0.3 is 0 Å². The molecule has 0 bridgehead atoms. The number of ether oxygens (including phenoxy) is 2. The Morgan fingerprint density at radius 2 is 2.07 bits per heavy atom. The van der Waals surface area contributed by atoms with Crippen LogP contribution in [0.2, 0.25) is 0 Å². The van der Waals surface area contributed by atoms with Crippen LogP contribution >= 0.6 is 15.9 Å². The first-order valence-corrected chi connectivity index (χ1v) is 9.30. The monoisotopic (exact) mass is 439 g/mol. The number of halogens is 1. The normalized spacial score (nSPS) is 10.7. The molecule has 0 aliphatic carbocycles. The van der Waals surface area contributed by atoms with Gasteiger partial charge in [0.05, 0.1) is 26.1 Å². The summed E-state index contributed by atoms with van der Waals surface area (Å²) in [6, 6.07) is 3.73. The van der Waals surface area contributed by atoms with Crippen molar-refractivity contribution in [1.82, 2.24) is 20.0 Å². The molecule has 2 N–H and O–H groups in total. The number of hydrogen-bond donors (Lipinski definition) is 2. The Morgan fingerprint density at radius 3 is 2.74 bits per heavy atom. The Labute approximate surface area is 167 Å². The number of anilines is 1. The number of methoxy groups -OCH3 is 2. The minimum Gasteiger partial charge on any atom is -0.497 e. The number of nitrogens with zero attached hydrogens (tertiary/aromatic N) is 3. The van der Waals surface area contributed by atoms with Crippen molar-refractivity contribution in [2.75, 3.05) is 46.7 Å². The van der Waals surface area contributed by atoms with E-state index < -0.39 is 0 Å². The quantitative estimate of drug-likeness (QED) is 0.588. The molecule has 148 valence electrons. The van der Waals surface area contributed by atoms with E-state index in [1.54, 1.807) is 31.3 Å². The molecular formula is C18H26BrN5O3. The molecule has 2 rings (SSSR count). The topological polar surface area (TPSA) is 80.6 Å². The molecule has 0 fully saturated rings. The highest BCUT2D eigenvalue weighted by molar-refractivity contribution is 9.10. The van der Waals surface area contributed by atoms with Crippen LogP contribution in [0, 0.1) is 0 Å². The average Bonchev–Trinajstić information content (AvgIpc) is 3.06. The third-order valence-corrected chi connectivity index (χ3v) is 4.58. The van der Waals surface area contributed by atoms with Crippen LogP contribution in [0.3, 0.4) is 0 Å². The molecular weight excluding hydrogens is 414 g/mol. The fourth-order valence-electron chi connectivity index (χ4n) is 2.41. The van der Waals surface area contributed by atoms with Crippen molar-refractivity contribution in [2.24, 2.45) is 0 Å². The summed E-state index contributed by atoms with van der Waals surface area (Å²) in [7, 11) is 7.17. The molecule has 1 amide bonds. The van der Waals surface area contributed by atoms with Crippen molar-refractivity contribution >= 4 is 27.5 Å². The van der Waals surface area contributed by atoms with Crippen LogP contribution in [0.15, 0.2) is 29.0 Å². The number of aromatic nitrogens is 2. The zero-order chi connectivity index (χ0) is 19.8. The first kappa shape index (κ1) is 21.0. The van der Waals surface area contributed by atoms with E-state index >= 15 is 0 Å². The van der Waals surface area contributed by atoms with E-state index in [4.69, 9.17) is 9.47 Å². The highest BCUT2D eigenvalue weighted by atomic mass is 79.9. The molecule has 0 saturated carbocycles. The molecule has 1 aromatic heterocycles. The van der Waals surface area contributed by atoms with Crippen LogP contribution in [0.25, 0.3) is 0 Å². The summed E-state index contributed by atoms with van der Waals surface area (Å²) in [5.41, 5.74) is 1.79.